The summed E-state index contributed by atoms with van der Waals surface area (Å²) in [6, 6.07) is 9.64. The fourth-order valence-corrected chi connectivity index (χ4v) is 4.81. The molecule has 0 unspecified atom stereocenters. The number of nitrogens with zero attached hydrogens (tertiary/aromatic N) is 3. The van der Waals surface area contributed by atoms with Crippen LogP contribution in [0.4, 0.5) is 5.69 Å². The van der Waals surface area contributed by atoms with E-state index >= 15 is 0 Å². The minimum absolute atomic E-state index is 0.0334. The molecule has 2 aliphatic rings. The van der Waals surface area contributed by atoms with Gasteiger partial charge in [-0.15, -0.1) is 0 Å². The Morgan fingerprint density at radius 1 is 1.10 bits per heavy atom. The van der Waals surface area contributed by atoms with E-state index in [2.05, 4.69) is 40.2 Å². The molecule has 1 N–H and O–H groups in total. The molecular weight excluding hydrogens is 388 g/mol. The number of hydrogen-bond donors (Lipinski definition) is 1. The van der Waals surface area contributed by atoms with Gasteiger partial charge in [0.1, 0.15) is 5.52 Å². The van der Waals surface area contributed by atoms with Crippen molar-refractivity contribution < 1.29 is 4.52 Å². The van der Waals surface area contributed by atoms with Crippen LogP contribution < -0.4 is 15.7 Å². The van der Waals surface area contributed by atoms with Gasteiger partial charge in [-0.2, -0.15) is 0 Å². The Bertz CT molecular complexity index is 1480. The Morgan fingerprint density at radius 2 is 1.90 bits per heavy atom. The van der Waals surface area contributed by atoms with Gasteiger partial charge in [-0.05, 0) is 25.1 Å². The highest BCUT2D eigenvalue weighted by molar-refractivity contribution is 6.20. The number of rotatable bonds is 3. The minimum Gasteiger partial charge on any atom is -0.381 e. The van der Waals surface area contributed by atoms with E-state index in [4.69, 9.17) is 9.52 Å². The SMILES string of the molecule is CN1CCN(c2c(=NCC3=CC=CC3)cc3c(=O)c4ccccc4c4o[nH]c2c34)CC1. The maximum absolute atomic E-state index is 13.4. The molecule has 6 heteroatoms. The van der Waals surface area contributed by atoms with Gasteiger partial charge in [0.15, 0.2) is 11.0 Å². The molecule has 1 aliphatic heterocycles. The van der Waals surface area contributed by atoms with Crippen molar-refractivity contribution in [2.45, 2.75) is 6.42 Å². The lowest BCUT2D eigenvalue weighted by atomic mass is 10.00. The van der Waals surface area contributed by atoms with Crippen molar-refractivity contribution in [2.24, 2.45) is 4.99 Å². The van der Waals surface area contributed by atoms with Gasteiger partial charge in [-0.1, -0.05) is 42.5 Å². The lowest BCUT2D eigenvalue weighted by Crippen LogP contribution is -2.46. The van der Waals surface area contributed by atoms with Crippen molar-refractivity contribution in [3.8, 4) is 0 Å². The molecule has 1 aromatic heterocycles. The molecule has 3 aromatic carbocycles. The number of benzene rings is 3. The van der Waals surface area contributed by atoms with Crippen LogP contribution in [0.3, 0.4) is 0 Å². The standard InChI is InChI=1S/C25H24N4O2/c1-28-10-12-29(13-11-28)23-20(26-15-16-6-2-3-7-16)14-19-21-22(23)27-31-25(21)18-9-5-4-8-17(18)24(19)30/h2-6,8-9,14,27H,7,10-13,15H2,1H3. The molecule has 6 rings (SSSR count). The fourth-order valence-electron chi connectivity index (χ4n) is 4.81. The molecule has 156 valence electrons. The Labute approximate surface area is 179 Å². The van der Waals surface area contributed by atoms with Crippen LogP contribution >= 0.6 is 0 Å². The number of nitrogens with one attached hydrogen (secondary N) is 1. The largest absolute Gasteiger partial charge is 0.381 e. The van der Waals surface area contributed by atoms with Crippen molar-refractivity contribution in [1.29, 1.82) is 0 Å². The van der Waals surface area contributed by atoms with E-state index in [1.807, 2.05) is 30.3 Å². The second kappa shape index (κ2) is 7.10. The normalized spacial score (nSPS) is 18.2. The van der Waals surface area contributed by atoms with Crippen molar-refractivity contribution in [1.82, 2.24) is 10.1 Å². The van der Waals surface area contributed by atoms with Gasteiger partial charge in [0, 0.05) is 42.3 Å². The highest BCUT2D eigenvalue weighted by atomic mass is 16.5. The number of likely N-dealkylation sites (N-methyl/N-ethyl adjacent to an activating group) is 1. The van der Waals surface area contributed by atoms with E-state index in [9.17, 15) is 4.79 Å². The molecule has 31 heavy (non-hydrogen) atoms. The molecule has 1 aliphatic carbocycles. The van der Waals surface area contributed by atoms with Crippen LogP contribution in [0.25, 0.3) is 32.6 Å². The average molecular weight is 412 g/mol. The van der Waals surface area contributed by atoms with Gasteiger partial charge in [0.05, 0.1) is 23.0 Å². The van der Waals surface area contributed by atoms with Crippen molar-refractivity contribution in [2.75, 3.05) is 44.7 Å². The van der Waals surface area contributed by atoms with E-state index in [0.29, 0.717) is 17.3 Å². The first-order valence-corrected chi connectivity index (χ1v) is 10.8. The summed E-state index contributed by atoms with van der Waals surface area (Å²) in [6.07, 6.45) is 7.30. The topological polar surface area (TPSA) is 64.8 Å². The lowest BCUT2D eigenvalue weighted by molar-refractivity contribution is 0.312. The molecule has 0 atom stereocenters. The Morgan fingerprint density at radius 3 is 2.68 bits per heavy atom. The minimum atomic E-state index is 0.0334. The molecule has 1 fully saturated rings. The number of fused-ring (bicyclic) bond motifs is 2. The first-order valence-electron chi connectivity index (χ1n) is 10.8. The van der Waals surface area contributed by atoms with Gasteiger partial charge < -0.3 is 14.3 Å². The van der Waals surface area contributed by atoms with E-state index in [1.165, 1.54) is 5.57 Å². The maximum atomic E-state index is 13.4. The molecule has 0 radical (unpaired) electrons. The molecular formula is C25H24N4O2. The van der Waals surface area contributed by atoms with Crippen LogP contribution in [0, 0.1) is 0 Å². The number of aromatic amines is 1. The maximum Gasteiger partial charge on any atom is 0.194 e. The van der Waals surface area contributed by atoms with E-state index < -0.39 is 0 Å². The zero-order chi connectivity index (χ0) is 20.9. The highest BCUT2D eigenvalue weighted by Crippen LogP contribution is 2.34. The number of aromatic nitrogens is 1. The van der Waals surface area contributed by atoms with E-state index in [0.717, 1.165) is 65.5 Å². The van der Waals surface area contributed by atoms with Gasteiger partial charge >= 0.3 is 0 Å². The van der Waals surface area contributed by atoms with Gasteiger partial charge in [-0.25, -0.2) is 5.16 Å². The summed E-state index contributed by atoms with van der Waals surface area (Å²) in [5.74, 6) is 0. The van der Waals surface area contributed by atoms with Crippen molar-refractivity contribution in [3.05, 3.63) is 69.7 Å². The Kier molecular flexibility index (Phi) is 4.21. The van der Waals surface area contributed by atoms with Crippen LogP contribution in [0.2, 0.25) is 0 Å². The summed E-state index contributed by atoms with van der Waals surface area (Å²) in [5, 5.41) is 7.09. The van der Waals surface area contributed by atoms with E-state index in [-0.39, 0.29) is 5.43 Å². The number of H-pyrrole nitrogens is 1. The van der Waals surface area contributed by atoms with Crippen LogP contribution in [-0.2, 0) is 0 Å². The summed E-state index contributed by atoms with van der Waals surface area (Å²) in [7, 11) is 2.15. The summed E-state index contributed by atoms with van der Waals surface area (Å²) < 4.78 is 5.98. The third-order valence-electron chi connectivity index (χ3n) is 6.54. The van der Waals surface area contributed by atoms with E-state index in [1.54, 1.807) is 0 Å². The van der Waals surface area contributed by atoms with Crippen LogP contribution in [-0.4, -0.2) is 49.8 Å². The Hall–Kier alpha value is -3.38. The molecule has 0 bridgehead atoms. The highest BCUT2D eigenvalue weighted by Gasteiger charge is 2.24. The predicted molar refractivity (Wildman–Crippen MR) is 125 cm³/mol. The lowest BCUT2D eigenvalue weighted by Gasteiger charge is -2.34. The molecule has 4 aromatic rings. The van der Waals surface area contributed by atoms with Crippen molar-refractivity contribution in [3.63, 3.8) is 0 Å². The smallest absolute Gasteiger partial charge is 0.194 e. The van der Waals surface area contributed by atoms with Crippen LogP contribution in [0.1, 0.15) is 6.42 Å². The molecule has 0 saturated carbocycles. The zero-order valence-electron chi connectivity index (χ0n) is 17.5. The number of allylic oxidation sites excluding steroid dienone is 3. The summed E-state index contributed by atoms with van der Waals surface area (Å²) in [5.41, 5.74) is 3.97. The number of piperazine rings is 1. The predicted octanol–water partition coefficient (Wildman–Crippen LogP) is 3.40. The number of anilines is 1. The van der Waals surface area contributed by atoms with Gasteiger partial charge in [0.25, 0.3) is 0 Å². The van der Waals surface area contributed by atoms with Crippen LogP contribution in [0.5, 0.6) is 0 Å². The average Bonchev–Trinajstić information content (AvgIpc) is 3.47. The second-order valence-electron chi connectivity index (χ2n) is 8.51. The molecule has 2 heterocycles. The molecule has 1 saturated heterocycles. The number of hydrogen-bond acceptors (Lipinski definition) is 5. The van der Waals surface area contributed by atoms with Gasteiger partial charge in [-0.3, -0.25) is 9.79 Å². The first-order chi connectivity index (χ1) is 15.2. The first kappa shape index (κ1) is 18.4. The van der Waals surface area contributed by atoms with Gasteiger partial charge in [0.2, 0.25) is 0 Å². The van der Waals surface area contributed by atoms with Crippen molar-refractivity contribution >= 4 is 38.3 Å². The zero-order valence-corrected chi connectivity index (χ0v) is 17.5. The quantitative estimate of drug-likeness (QED) is 0.524. The monoisotopic (exact) mass is 412 g/mol. The summed E-state index contributed by atoms with van der Waals surface area (Å²) in [4.78, 5) is 23.1. The fraction of sp³-hybridized carbons (Fsp3) is 0.280. The summed E-state index contributed by atoms with van der Waals surface area (Å²) >= 11 is 0. The summed E-state index contributed by atoms with van der Waals surface area (Å²) in [6.45, 7) is 4.44. The Balaban J connectivity index is 1.65. The third kappa shape index (κ3) is 2.90. The molecule has 0 spiro atoms. The van der Waals surface area contributed by atoms with Crippen LogP contribution in [0.15, 0.2) is 68.4 Å². The molecule has 0 amide bonds. The third-order valence-corrected chi connectivity index (χ3v) is 6.54. The molecule has 6 nitrogen and oxygen atoms in total. The second-order valence-corrected chi connectivity index (χ2v) is 8.51.